The van der Waals surface area contributed by atoms with Crippen molar-refractivity contribution >= 4 is 16.9 Å². The number of hydrogen-bond donors (Lipinski definition) is 0. The Morgan fingerprint density at radius 1 is 1.50 bits per heavy atom. The Labute approximate surface area is 67.6 Å². The zero-order valence-electron chi connectivity index (χ0n) is 7.23. The van der Waals surface area contributed by atoms with Gasteiger partial charge in [-0.2, -0.15) is 0 Å². The lowest BCUT2D eigenvalue weighted by Crippen LogP contribution is -2.13. The van der Waals surface area contributed by atoms with Crippen molar-refractivity contribution < 1.29 is 4.79 Å². The summed E-state index contributed by atoms with van der Waals surface area (Å²) < 4.78 is 0. The summed E-state index contributed by atoms with van der Waals surface area (Å²) in [5, 5.41) is 0.224. The molecule has 0 aliphatic heterocycles. The summed E-state index contributed by atoms with van der Waals surface area (Å²) in [6, 6.07) is 0. The van der Waals surface area contributed by atoms with Crippen LogP contribution in [0, 0.1) is 5.41 Å². The Morgan fingerprint density at radius 2 is 2.00 bits per heavy atom. The van der Waals surface area contributed by atoms with Crippen molar-refractivity contribution in [2.24, 2.45) is 5.41 Å². The van der Waals surface area contributed by atoms with Crippen LogP contribution in [0.2, 0.25) is 0 Å². The molecule has 0 aromatic rings. The molecule has 0 fully saturated rings. The molecular formula is C8H16OS. The Balaban J connectivity index is 3.56. The summed E-state index contributed by atoms with van der Waals surface area (Å²) in [5.41, 5.74) is 0.316. The topological polar surface area (TPSA) is 17.1 Å². The fourth-order valence-corrected chi connectivity index (χ4v) is 1.20. The predicted molar refractivity (Wildman–Crippen MR) is 47.2 cm³/mol. The first-order valence-electron chi connectivity index (χ1n) is 3.61. The average Bonchev–Trinajstić information content (AvgIpc) is 1.85. The van der Waals surface area contributed by atoms with E-state index in [1.165, 1.54) is 11.8 Å². The van der Waals surface area contributed by atoms with Gasteiger partial charge in [0.25, 0.3) is 0 Å². The third-order valence-corrected chi connectivity index (χ3v) is 2.96. The zero-order valence-corrected chi connectivity index (χ0v) is 8.05. The molecule has 10 heavy (non-hydrogen) atoms. The van der Waals surface area contributed by atoms with Crippen molar-refractivity contribution in [1.82, 2.24) is 0 Å². The number of thioether (sulfide) groups is 1. The summed E-state index contributed by atoms with van der Waals surface area (Å²) in [6.45, 7) is 8.14. The summed E-state index contributed by atoms with van der Waals surface area (Å²) in [4.78, 5) is 10.6. The number of hydrogen-bond acceptors (Lipinski definition) is 2. The summed E-state index contributed by atoms with van der Waals surface area (Å²) in [5.74, 6) is 0.943. The molecule has 2 heteroatoms. The third kappa shape index (κ3) is 4.86. The highest BCUT2D eigenvalue weighted by Gasteiger charge is 2.15. The van der Waals surface area contributed by atoms with Crippen molar-refractivity contribution in [1.29, 1.82) is 0 Å². The highest BCUT2D eigenvalue weighted by molar-refractivity contribution is 8.13. The van der Waals surface area contributed by atoms with E-state index in [2.05, 4.69) is 20.8 Å². The Kier molecular flexibility index (Phi) is 4.02. The largest absolute Gasteiger partial charge is 0.288 e. The van der Waals surface area contributed by atoms with Gasteiger partial charge in [0.1, 0.15) is 0 Å². The summed E-state index contributed by atoms with van der Waals surface area (Å²) >= 11 is 1.42. The molecule has 0 aromatic heterocycles. The Hall–Kier alpha value is 0.0200. The van der Waals surface area contributed by atoms with Gasteiger partial charge >= 0.3 is 0 Å². The van der Waals surface area contributed by atoms with Crippen LogP contribution in [-0.2, 0) is 4.79 Å². The lowest BCUT2D eigenvalue weighted by molar-refractivity contribution is -0.109. The monoisotopic (exact) mass is 160 g/mol. The molecule has 0 radical (unpaired) electrons. The minimum Gasteiger partial charge on any atom is -0.288 e. The number of carbonyl (C=O) groups is 1. The quantitative estimate of drug-likeness (QED) is 0.631. The van der Waals surface area contributed by atoms with E-state index in [9.17, 15) is 4.79 Å². The first-order chi connectivity index (χ1) is 4.48. The van der Waals surface area contributed by atoms with Crippen LogP contribution in [0.1, 0.15) is 34.1 Å². The molecule has 0 heterocycles. The highest BCUT2D eigenvalue weighted by atomic mass is 32.2. The fourth-order valence-electron chi connectivity index (χ4n) is 0.399. The normalized spacial score (nSPS) is 11.6. The van der Waals surface area contributed by atoms with Gasteiger partial charge in [-0.25, -0.2) is 0 Å². The lowest BCUT2D eigenvalue weighted by Gasteiger charge is -2.20. The molecule has 0 aliphatic carbocycles. The van der Waals surface area contributed by atoms with Crippen LogP contribution >= 0.6 is 11.8 Å². The molecule has 0 atom stereocenters. The molecule has 60 valence electrons. The van der Waals surface area contributed by atoms with Crippen LogP contribution in [0.15, 0.2) is 0 Å². The van der Waals surface area contributed by atoms with Gasteiger partial charge in [-0.1, -0.05) is 39.0 Å². The predicted octanol–water partition coefficient (Wildman–Crippen LogP) is 2.70. The molecule has 0 saturated carbocycles. The second kappa shape index (κ2) is 4.02. The van der Waals surface area contributed by atoms with E-state index in [0.29, 0.717) is 5.41 Å². The Bertz CT molecular complexity index is 118. The van der Waals surface area contributed by atoms with Gasteiger partial charge in [0.2, 0.25) is 0 Å². The van der Waals surface area contributed by atoms with Gasteiger partial charge in [-0.3, -0.25) is 4.79 Å². The van der Waals surface area contributed by atoms with E-state index in [0.717, 1.165) is 12.2 Å². The standard InChI is InChI=1S/C8H16OS/c1-5-8(3,4)6-10-7(2)9/h5-6H2,1-4H3. The van der Waals surface area contributed by atoms with Crippen LogP contribution in [0.25, 0.3) is 0 Å². The second-order valence-corrected chi connectivity index (χ2v) is 4.45. The van der Waals surface area contributed by atoms with E-state index >= 15 is 0 Å². The first kappa shape index (κ1) is 10.0. The van der Waals surface area contributed by atoms with Crippen molar-refractivity contribution in [2.75, 3.05) is 5.75 Å². The molecule has 0 aromatic carbocycles. The minimum absolute atomic E-state index is 0.224. The second-order valence-electron chi connectivity index (χ2n) is 3.30. The van der Waals surface area contributed by atoms with Crippen LogP contribution < -0.4 is 0 Å². The molecule has 0 aliphatic rings. The molecule has 0 spiro atoms. The number of carbonyl (C=O) groups excluding carboxylic acids is 1. The van der Waals surface area contributed by atoms with Crippen molar-refractivity contribution in [3.05, 3.63) is 0 Å². The van der Waals surface area contributed by atoms with Crippen LogP contribution in [0.3, 0.4) is 0 Å². The summed E-state index contributed by atoms with van der Waals surface area (Å²) in [6.07, 6.45) is 1.13. The lowest BCUT2D eigenvalue weighted by atomic mass is 9.93. The van der Waals surface area contributed by atoms with Crippen LogP contribution in [-0.4, -0.2) is 10.9 Å². The molecule has 0 amide bonds. The van der Waals surface area contributed by atoms with E-state index < -0.39 is 0 Å². The maximum atomic E-state index is 10.6. The molecule has 0 rings (SSSR count). The van der Waals surface area contributed by atoms with Gasteiger partial charge in [-0.05, 0) is 5.41 Å². The fraction of sp³-hybridized carbons (Fsp3) is 0.875. The van der Waals surface area contributed by atoms with Gasteiger partial charge in [-0.15, -0.1) is 0 Å². The molecule has 1 nitrogen and oxygen atoms in total. The van der Waals surface area contributed by atoms with Crippen molar-refractivity contribution in [3.8, 4) is 0 Å². The average molecular weight is 160 g/mol. The highest BCUT2D eigenvalue weighted by Crippen LogP contribution is 2.25. The first-order valence-corrected chi connectivity index (χ1v) is 4.60. The van der Waals surface area contributed by atoms with Crippen molar-refractivity contribution in [2.45, 2.75) is 34.1 Å². The van der Waals surface area contributed by atoms with Crippen molar-refractivity contribution in [3.63, 3.8) is 0 Å². The zero-order chi connectivity index (χ0) is 8.20. The molecule has 0 saturated heterocycles. The van der Waals surface area contributed by atoms with Crippen LogP contribution in [0.5, 0.6) is 0 Å². The van der Waals surface area contributed by atoms with E-state index in [1.807, 2.05) is 0 Å². The molecule has 0 N–H and O–H groups in total. The third-order valence-electron chi connectivity index (χ3n) is 1.62. The number of rotatable bonds is 3. The SMILES string of the molecule is CCC(C)(C)CSC(C)=O. The van der Waals surface area contributed by atoms with Crippen LogP contribution in [0.4, 0.5) is 0 Å². The molecular weight excluding hydrogens is 144 g/mol. The maximum Gasteiger partial charge on any atom is 0.185 e. The minimum atomic E-state index is 0.224. The van der Waals surface area contributed by atoms with Gasteiger partial charge < -0.3 is 0 Å². The summed E-state index contributed by atoms with van der Waals surface area (Å²) in [7, 11) is 0. The van der Waals surface area contributed by atoms with Gasteiger partial charge in [0.15, 0.2) is 5.12 Å². The molecule has 0 bridgehead atoms. The van der Waals surface area contributed by atoms with E-state index in [4.69, 9.17) is 0 Å². The Morgan fingerprint density at radius 3 is 2.30 bits per heavy atom. The van der Waals surface area contributed by atoms with E-state index in [-0.39, 0.29) is 5.12 Å². The maximum absolute atomic E-state index is 10.6. The smallest absolute Gasteiger partial charge is 0.185 e. The van der Waals surface area contributed by atoms with E-state index in [1.54, 1.807) is 6.92 Å². The van der Waals surface area contributed by atoms with Gasteiger partial charge in [0, 0.05) is 12.7 Å². The molecule has 0 unspecified atom stereocenters. The van der Waals surface area contributed by atoms with Gasteiger partial charge in [0.05, 0.1) is 0 Å².